The van der Waals surface area contributed by atoms with Crippen molar-refractivity contribution in [1.29, 1.82) is 0 Å². The molecule has 1 fully saturated rings. The number of hydrazine groups is 1. The molecule has 0 bridgehead atoms. The zero-order valence-corrected chi connectivity index (χ0v) is 16.4. The summed E-state index contributed by atoms with van der Waals surface area (Å²) in [7, 11) is -3.86. The predicted molar refractivity (Wildman–Crippen MR) is 107 cm³/mol. The Hall–Kier alpha value is -2.13. The van der Waals surface area contributed by atoms with E-state index in [1.165, 1.54) is 0 Å². The molecule has 3 atom stereocenters. The van der Waals surface area contributed by atoms with E-state index in [9.17, 15) is 13.2 Å². The minimum atomic E-state index is -3.86. The SMILES string of the molecule is Cc1ccc(NS(=O)(=O)C2NNC(C)C2C(=O)Nc2cccc(Cl)c2)cc1. The maximum atomic E-state index is 12.8. The second-order valence-electron chi connectivity index (χ2n) is 6.54. The number of nitrogens with one attached hydrogen (secondary N) is 4. The summed E-state index contributed by atoms with van der Waals surface area (Å²) in [6.45, 7) is 3.66. The molecule has 2 aromatic rings. The van der Waals surface area contributed by atoms with Crippen LogP contribution in [0, 0.1) is 12.8 Å². The Labute approximate surface area is 163 Å². The molecular weight excluding hydrogens is 388 g/mol. The number of amides is 1. The van der Waals surface area contributed by atoms with Crippen LogP contribution in [0.15, 0.2) is 48.5 Å². The van der Waals surface area contributed by atoms with E-state index in [-0.39, 0.29) is 6.04 Å². The van der Waals surface area contributed by atoms with Crippen LogP contribution in [-0.4, -0.2) is 25.7 Å². The van der Waals surface area contributed by atoms with Crippen LogP contribution in [0.25, 0.3) is 0 Å². The molecule has 3 unspecified atom stereocenters. The molecule has 1 aliphatic rings. The number of benzene rings is 2. The number of carbonyl (C=O) groups is 1. The number of sulfonamides is 1. The standard InChI is InChI=1S/C18H21ClN4O3S/c1-11-6-8-14(9-7-11)23-27(25,26)18-16(12(2)21-22-18)17(24)20-15-5-3-4-13(19)10-15/h3-10,12,16,18,21-23H,1-2H3,(H,20,24). The van der Waals surface area contributed by atoms with Crippen LogP contribution in [0.4, 0.5) is 11.4 Å². The van der Waals surface area contributed by atoms with Gasteiger partial charge in [0.15, 0.2) is 5.37 Å². The smallest absolute Gasteiger partial charge is 0.250 e. The van der Waals surface area contributed by atoms with Crippen molar-refractivity contribution in [3.8, 4) is 0 Å². The van der Waals surface area contributed by atoms with Gasteiger partial charge in [-0.25, -0.2) is 13.8 Å². The summed E-state index contributed by atoms with van der Waals surface area (Å²) in [5.41, 5.74) is 7.53. The molecule has 0 radical (unpaired) electrons. The maximum absolute atomic E-state index is 12.8. The number of halogens is 1. The molecule has 3 rings (SSSR count). The fraction of sp³-hybridized carbons (Fsp3) is 0.278. The van der Waals surface area contributed by atoms with Crippen molar-refractivity contribution in [1.82, 2.24) is 10.9 Å². The summed E-state index contributed by atoms with van der Waals surface area (Å²) in [4.78, 5) is 12.8. The van der Waals surface area contributed by atoms with Crippen LogP contribution < -0.4 is 20.9 Å². The van der Waals surface area contributed by atoms with Crippen LogP contribution >= 0.6 is 11.6 Å². The topological polar surface area (TPSA) is 99.3 Å². The van der Waals surface area contributed by atoms with Crippen molar-refractivity contribution >= 4 is 38.9 Å². The van der Waals surface area contributed by atoms with E-state index in [1.54, 1.807) is 43.3 Å². The Bertz CT molecular complexity index is 934. The molecule has 1 heterocycles. The van der Waals surface area contributed by atoms with Gasteiger partial charge in [0.1, 0.15) is 0 Å². The number of hydrogen-bond acceptors (Lipinski definition) is 5. The molecule has 0 aliphatic carbocycles. The third kappa shape index (κ3) is 4.59. The van der Waals surface area contributed by atoms with Gasteiger partial charge >= 0.3 is 0 Å². The molecule has 144 valence electrons. The predicted octanol–water partition coefficient (Wildman–Crippen LogP) is 2.47. The lowest BCUT2D eigenvalue weighted by molar-refractivity contribution is -0.119. The molecule has 7 nitrogen and oxygen atoms in total. The zero-order chi connectivity index (χ0) is 19.6. The molecule has 9 heteroatoms. The number of aryl methyl sites for hydroxylation is 1. The third-order valence-electron chi connectivity index (χ3n) is 4.36. The molecular formula is C18H21ClN4O3S. The first-order valence-electron chi connectivity index (χ1n) is 8.42. The van der Waals surface area contributed by atoms with Gasteiger partial charge in [-0.15, -0.1) is 0 Å². The fourth-order valence-corrected chi connectivity index (χ4v) is 4.68. The summed E-state index contributed by atoms with van der Waals surface area (Å²) in [5.74, 6) is -1.26. The summed E-state index contributed by atoms with van der Waals surface area (Å²) >= 11 is 5.94. The van der Waals surface area contributed by atoms with Gasteiger partial charge in [-0.2, -0.15) is 0 Å². The molecule has 0 aromatic heterocycles. The van der Waals surface area contributed by atoms with Crippen molar-refractivity contribution in [2.24, 2.45) is 5.92 Å². The van der Waals surface area contributed by atoms with Crippen molar-refractivity contribution in [3.63, 3.8) is 0 Å². The van der Waals surface area contributed by atoms with Crippen molar-refractivity contribution in [3.05, 3.63) is 59.1 Å². The highest BCUT2D eigenvalue weighted by molar-refractivity contribution is 7.93. The zero-order valence-electron chi connectivity index (χ0n) is 14.9. The summed E-state index contributed by atoms with van der Waals surface area (Å²) in [6, 6.07) is 13.3. The Morgan fingerprint density at radius 1 is 1.07 bits per heavy atom. The Morgan fingerprint density at radius 2 is 1.78 bits per heavy atom. The quantitative estimate of drug-likeness (QED) is 0.609. The minimum absolute atomic E-state index is 0.385. The highest BCUT2D eigenvalue weighted by Gasteiger charge is 2.46. The molecule has 4 N–H and O–H groups in total. The van der Waals surface area contributed by atoms with Gasteiger partial charge in [-0.05, 0) is 44.2 Å². The van der Waals surface area contributed by atoms with E-state index in [0.717, 1.165) is 5.56 Å². The average Bonchev–Trinajstić information content (AvgIpc) is 2.99. The van der Waals surface area contributed by atoms with Gasteiger partial charge in [-0.3, -0.25) is 14.9 Å². The van der Waals surface area contributed by atoms with Gasteiger partial charge in [0, 0.05) is 22.4 Å². The second kappa shape index (κ2) is 7.85. The maximum Gasteiger partial charge on any atom is 0.250 e. The van der Waals surface area contributed by atoms with Crippen LogP contribution in [-0.2, 0) is 14.8 Å². The largest absolute Gasteiger partial charge is 0.326 e. The molecule has 0 saturated carbocycles. The van der Waals surface area contributed by atoms with Gasteiger partial charge in [-0.1, -0.05) is 35.4 Å². The normalized spacial score (nSPS) is 22.4. The monoisotopic (exact) mass is 408 g/mol. The second-order valence-corrected chi connectivity index (χ2v) is 8.77. The first-order chi connectivity index (χ1) is 12.8. The van der Waals surface area contributed by atoms with Crippen molar-refractivity contribution in [2.75, 3.05) is 10.0 Å². The lowest BCUT2D eigenvalue weighted by atomic mass is 10.0. The molecule has 1 saturated heterocycles. The number of rotatable bonds is 5. The van der Waals surface area contributed by atoms with E-state index >= 15 is 0 Å². The fourth-order valence-electron chi connectivity index (χ4n) is 2.93. The Morgan fingerprint density at radius 3 is 2.44 bits per heavy atom. The van der Waals surface area contributed by atoms with Crippen molar-refractivity contribution in [2.45, 2.75) is 25.3 Å². The molecule has 1 amide bonds. The van der Waals surface area contributed by atoms with E-state index in [4.69, 9.17) is 11.6 Å². The highest BCUT2D eigenvalue weighted by Crippen LogP contribution is 2.24. The Balaban J connectivity index is 1.79. The lowest BCUT2D eigenvalue weighted by Gasteiger charge is -2.21. The number of carbonyl (C=O) groups excluding carboxylic acids is 1. The van der Waals surface area contributed by atoms with E-state index in [0.29, 0.717) is 16.4 Å². The molecule has 0 spiro atoms. The Kier molecular flexibility index (Phi) is 5.71. The van der Waals surface area contributed by atoms with E-state index in [1.807, 2.05) is 19.1 Å². The van der Waals surface area contributed by atoms with Gasteiger partial charge in [0.25, 0.3) is 10.0 Å². The summed E-state index contributed by atoms with van der Waals surface area (Å²) < 4.78 is 28.2. The van der Waals surface area contributed by atoms with Crippen LogP contribution in [0.3, 0.4) is 0 Å². The van der Waals surface area contributed by atoms with Crippen LogP contribution in [0.5, 0.6) is 0 Å². The average molecular weight is 409 g/mol. The first-order valence-corrected chi connectivity index (χ1v) is 10.3. The van der Waals surface area contributed by atoms with E-state index < -0.39 is 27.2 Å². The summed E-state index contributed by atoms with van der Waals surface area (Å²) in [6.07, 6.45) is 0. The van der Waals surface area contributed by atoms with Gasteiger partial charge in [0.05, 0.1) is 5.92 Å². The summed E-state index contributed by atoms with van der Waals surface area (Å²) in [5, 5.41) is 2.08. The number of hydrogen-bond donors (Lipinski definition) is 4. The van der Waals surface area contributed by atoms with Crippen molar-refractivity contribution < 1.29 is 13.2 Å². The van der Waals surface area contributed by atoms with Gasteiger partial charge < -0.3 is 5.32 Å². The number of anilines is 2. The molecule has 2 aromatic carbocycles. The van der Waals surface area contributed by atoms with E-state index in [2.05, 4.69) is 20.9 Å². The van der Waals surface area contributed by atoms with Crippen LogP contribution in [0.1, 0.15) is 12.5 Å². The minimum Gasteiger partial charge on any atom is -0.326 e. The lowest BCUT2D eigenvalue weighted by Crippen LogP contribution is -2.45. The van der Waals surface area contributed by atoms with Crippen LogP contribution in [0.2, 0.25) is 5.02 Å². The molecule has 1 aliphatic heterocycles. The van der Waals surface area contributed by atoms with Gasteiger partial charge in [0.2, 0.25) is 5.91 Å². The third-order valence-corrected chi connectivity index (χ3v) is 6.19. The first kappa shape index (κ1) is 19.6. The highest BCUT2D eigenvalue weighted by atomic mass is 35.5. The molecule has 27 heavy (non-hydrogen) atoms.